The number of benzene rings is 2. The third-order valence-corrected chi connectivity index (χ3v) is 5.55. The first kappa shape index (κ1) is 28.1. The number of aliphatic hydroxyl groups excluding tert-OH is 1. The van der Waals surface area contributed by atoms with Crippen molar-refractivity contribution in [1.82, 2.24) is 5.32 Å². The number of carbonyl (C=O) groups is 2. The van der Waals surface area contributed by atoms with E-state index in [2.05, 4.69) is 16.0 Å². The van der Waals surface area contributed by atoms with E-state index < -0.39 is 12.1 Å². The molecule has 3 amide bonds. The summed E-state index contributed by atoms with van der Waals surface area (Å²) in [6.07, 6.45) is 6.97. The topological polar surface area (TPSA) is 146 Å². The van der Waals surface area contributed by atoms with Crippen LogP contribution in [0.25, 0.3) is 0 Å². The molecule has 0 spiro atoms. The van der Waals surface area contributed by atoms with E-state index in [9.17, 15) is 19.8 Å². The molecule has 0 heterocycles. The predicted octanol–water partition coefficient (Wildman–Crippen LogP) is 3.67. The number of anilines is 2. The summed E-state index contributed by atoms with van der Waals surface area (Å²) >= 11 is 0. The highest BCUT2D eigenvalue weighted by atomic mass is 16.5. The maximum Gasteiger partial charge on any atom is 0.316 e. The summed E-state index contributed by atoms with van der Waals surface area (Å²) in [4.78, 5) is 21.5. The lowest BCUT2D eigenvalue weighted by atomic mass is 10.1. The van der Waals surface area contributed by atoms with Crippen LogP contribution in [0.3, 0.4) is 0 Å². The quantitative estimate of drug-likeness (QED) is 0.108. The van der Waals surface area contributed by atoms with Crippen LogP contribution in [0.5, 0.6) is 5.75 Å². The molecule has 0 radical (unpaired) electrons. The van der Waals surface area contributed by atoms with Gasteiger partial charge in [0.05, 0.1) is 11.8 Å². The van der Waals surface area contributed by atoms with E-state index in [1.54, 1.807) is 12.1 Å². The number of unbranched alkanes of at least 4 members (excludes halogenated alkanes) is 4. The molecule has 0 aliphatic heterocycles. The molecule has 7 N–H and O–H groups in total. The fourth-order valence-electron chi connectivity index (χ4n) is 3.69. The van der Waals surface area contributed by atoms with Gasteiger partial charge in [-0.2, -0.15) is 0 Å². The first-order valence-electron chi connectivity index (χ1n) is 12.1. The normalized spacial score (nSPS) is 11.7. The Morgan fingerprint density at radius 3 is 2.57 bits per heavy atom. The van der Waals surface area contributed by atoms with Crippen LogP contribution in [-0.2, 0) is 16.0 Å². The smallest absolute Gasteiger partial charge is 0.316 e. The van der Waals surface area contributed by atoms with Crippen LogP contribution in [0, 0.1) is 0 Å². The minimum Gasteiger partial charge on any atom is -0.506 e. The summed E-state index contributed by atoms with van der Waals surface area (Å²) in [6.45, 7) is 2.73. The second-order valence-corrected chi connectivity index (χ2v) is 8.43. The zero-order chi connectivity index (χ0) is 25.3. The fraction of sp³-hybridized carbons (Fsp3) is 0.462. The average molecular weight is 487 g/mol. The van der Waals surface area contributed by atoms with Gasteiger partial charge in [0.1, 0.15) is 5.75 Å². The number of aliphatic hydroxyl groups is 1. The Kier molecular flexibility index (Phi) is 13.2. The standard InChI is InChI=1S/C26H38N4O5/c27-26(34)30-22-10-7-9-20(16-22)8-3-6-15-35-14-5-2-1-4-13-28-18-25(33)21-11-12-24(32)23(17-21)29-19-31/h7,9-12,16-17,19,25,28,32-33H,1-6,8,13-15,18H2,(H,29,31)(H3,27,30,34). The SMILES string of the molecule is NC(=O)Nc1cccc(CCCCOCCCCCCNCC(O)c2ccc(O)c(NC=O)c2)c1. The zero-order valence-corrected chi connectivity index (χ0v) is 20.2. The van der Waals surface area contributed by atoms with Gasteiger partial charge in [-0.05, 0) is 74.0 Å². The highest BCUT2D eigenvalue weighted by Gasteiger charge is 2.10. The number of hydrogen-bond acceptors (Lipinski definition) is 6. The number of hydrogen-bond donors (Lipinski definition) is 6. The fourth-order valence-corrected chi connectivity index (χ4v) is 3.69. The Bertz CT molecular complexity index is 909. The first-order valence-corrected chi connectivity index (χ1v) is 12.1. The van der Waals surface area contributed by atoms with Gasteiger partial charge in [-0.25, -0.2) is 4.79 Å². The van der Waals surface area contributed by atoms with Gasteiger partial charge in [-0.15, -0.1) is 0 Å². The van der Waals surface area contributed by atoms with E-state index in [0.717, 1.165) is 70.4 Å². The Morgan fingerprint density at radius 2 is 1.80 bits per heavy atom. The Balaban J connectivity index is 1.43. The number of urea groups is 1. The summed E-state index contributed by atoms with van der Waals surface area (Å²) in [5.41, 5.74) is 7.94. The summed E-state index contributed by atoms with van der Waals surface area (Å²) in [6, 6.07) is 11.8. The van der Waals surface area contributed by atoms with Crippen molar-refractivity contribution in [2.75, 3.05) is 36.9 Å². The van der Waals surface area contributed by atoms with Gasteiger partial charge in [0, 0.05) is 25.4 Å². The first-order chi connectivity index (χ1) is 17.0. The van der Waals surface area contributed by atoms with Crippen LogP contribution >= 0.6 is 0 Å². The summed E-state index contributed by atoms with van der Waals surface area (Å²) < 4.78 is 5.72. The van der Waals surface area contributed by atoms with Gasteiger partial charge in [0.25, 0.3) is 0 Å². The molecule has 9 heteroatoms. The van der Waals surface area contributed by atoms with E-state index in [4.69, 9.17) is 10.5 Å². The highest BCUT2D eigenvalue weighted by Crippen LogP contribution is 2.26. The van der Waals surface area contributed by atoms with Gasteiger partial charge in [0.2, 0.25) is 6.41 Å². The van der Waals surface area contributed by atoms with Crippen LogP contribution in [0.15, 0.2) is 42.5 Å². The van der Waals surface area contributed by atoms with E-state index in [1.165, 1.54) is 11.6 Å². The molecular weight excluding hydrogens is 448 g/mol. The molecule has 2 aromatic carbocycles. The maximum absolute atomic E-state index is 10.9. The van der Waals surface area contributed by atoms with Crippen molar-refractivity contribution in [2.24, 2.45) is 5.73 Å². The van der Waals surface area contributed by atoms with Gasteiger partial charge in [-0.1, -0.05) is 31.0 Å². The molecule has 2 aromatic rings. The number of ether oxygens (including phenoxy) is 1. The van der Waals surface area contributed by atoms with Crippen molar-refractivity contribution >= 4 is 23.8 Å². The van der Waals surface area contributed by atoms with Crippen LogP contribution in [-0.4, -0.2) is 49.0 Å². The van der Waals surface area contributed by atoms with Gasteiger partial charge in [-0.3, -0.25) is 4.79 Å². The Hall–Kier alpha value is -3.14. The number of phenols is 1. The highest BCUT2D eigenvalue weighted by molar-refractivity contribution is 5.87. The minimum atomic E-state index is -0.716. The molecule has 35 heavy (non-hydrogen) atoms. The Morgan fingerprint density at radius 1 is 1.03 bits per heavy atom. The monoisotopic (exact) mass is 486 g/mol. The zero-order valence-electron chi connectivity index (χ0n) is 20.2. The van der Waals surface area contributed by atoms with Gasteiger partial charge >= 0.3 is 6.03 Å². The van der Waals surface area contributed by atoms with Crippen LogP contribution in [0.1, 0.15) is 55.8 Å². The third-order valence-electron chi connectivity index (χ3n) is 5.55. The second kappa shape index (κ2) is 16.5. The van der Waals surface area contributed by atoms with Gasteiger partial charge in [0.15, 0.2) is 0 Å². The third kappa shape index (κ3) is 11.7. The van der Waals surface area contributed by atoms with Crippen LogP contribution in [0.2, 0.25) is 0 Å². The molecule has 0 saturated carbocycles. The Labute approximate surface area is 207 Å². The molecule has 1 atom stereocenters. The van der Waals surface area contributed by atoms with Crippen molar-refractivity contribution in [3.05, 3.63) is 53.6 Å². The number of aryl methyl sites for hydroxylation is 1. The molecule has 0 aromatic heterocycles. The van der Waals surface area contributed by atoms with Crippen LogP contribution < -0.4 is 21.7 Å². The van der Waals surface area contributed by atoms with Crippen molar-refractivity contribution in [3.63, 3.8) is 0 Å². The summed E-state index contributed by atoms with van der Waals surface area (Å²) in [7, 11) is 0. The maximum atomic E-state index is 10.9. The van der Waals surface area contributed by atoms with E-state index >= 15 is 0 Å². The van der Waals surface area contributed by atoms with Crippen molar-refractivity contribution < 1.29 is 24.5 Å². The van der Waals surface area contributed by atoms with Crippen LogP contribution in [0.4, 0.5) is 16.2 Å². The minimum absolute atomic E-state index is 0.0354. The number of phenolic OH excluding ortho intramolecular Hbond substituents is 1. The number of primary amides is 1. The molecule has 0 bridgehead atoms. The molecule has 9 nitrogen and oxygen atoms in total. The number of amides is 3. The number of rotatable bonds is 18. The number of aromatic hydroxyl groups is 1. The lowest BCUT2D eigenvalue weighted by Crippen LogP contribution is -2.22. The molecule has 192 valence electrons. The van der Waals surface area contributed by atoms with Crippen molar-refractivity contribution in [2.45, 2.75) is 51.0 Å². The van der Waals surface area contributed by atoms with E-state index in [0.29, 0.717) is 18.5 Å². The molecule has 0 fully saturated rings. The van der Waals surface area contributed by atoms with Gasteiger partial charge < -0.3 is 36.6 Å². The molecule has 0 aliphatic rings. The lowest BCUT2D eigenvalue weighted by Gasteiger charge is -2.14. The number of carbonyl (C=O) groups excluding carboxylic acids is 2. The number of nitrogens with one attached hydrogen (secondary N) is 3. The second-order valence-electron chi connectivity index (χ2n) is 8.43. The molecule has 2 rings (SSSR count). The average Bonchev–Trinajstić information content (AvgIpc) is 2.83. The molecular formula is C26H38N4O5. The predicted molar refractivity (Wildman–Crippen MR) is 137 cm³/mol. The molecule has 0 saturated heterocycles. The van der Waals surface area contributed by atoms with Crippen molar-refractivity contribution in [1.29, 1.82) is 0 Å². The summed E-state index contributed by atoms with van der Waals surface area (Å²) in [5.74, 6) is -0.0354. The largest absolute Gasteiger partial charge is 0.506 e. The van der Waals surface area contributed by atoms with E-state index in [-0.39, 0.29) is 11.4 Å². The number of nitrogens with two attached hydrogens (primary N) is 1. The molecule has 1 unspecified atom stereocenters. The lowest BCUT2D eigenvalue weighted by molar-refractivity contribution is -0.105. The molecule has 0 aliphatic carbocycles. The van der Waals surface area contributed by atoms with Crippen molar-refractivity contribution in [3.8, 4) is 5.75 Å². The van der Waals surface area contributed by atoms with E-state index in [1.807, 2.05) is 24.3 Å². The summed E-state index contributed by atoms with van der Waals surface area (Å²) in [5, 5.41) is 28.2.